The lowest BCUT2D eigenvalue weighted by Gasteiger charge is -2.14. The molecule has 0 amide bonds. The quantitative estimate of drug-likeness (QED) is 0.723. The molecule has 124 valence electrons. The number of para-hydroxylation sites is 1. The molecule has 0 saturated carbocycles. The van der Waals surface area contributed by atoms with Gasteiger partial charge < -0.3 is 10.1 Å². The fraction of sp³-hybridized carbons (Fsp3) is 0.278. The highest BCUT2D eigenvalue weighted by Crippen LogP contribution is 2.12. The maximum Gasteiger partial charge on any atom is 0.213 e. The summed E-state index contributed by atoms with van der Waals surface area (Å²) in [6, 6.07) is 14.4. The summed E-state index contributed by atoms with van der Waals surface area (Å²) in [5.41, 5.74) is 2.25. The Kier molecular flexibility index (Phi) is 5.18. The topological polar surface area (TPSA) is 64.9 Å². The third-order valence-electron chi connectivity index (χ3n) is 3.81. The zero-order chi connectivity index (χ0) is 16.8. The molecule has 0 fully saturated rings. The monoisotopic (exact) mass is 323 g/mol. The lowest BCUT2D eigenvalue weighted by Crippen LogP contribution is -2.28. The average molecular weight is 323 g/mol. The number of hydrogen-bond acceptors (Lipinski definition) is 5. The van der Waals surface area contributed by atoms with Gasteiger partial charge in [-0.1, -0.05) is 18.2 Å². The van der Waals surface area contributed by atoms with Gasteiger partial charge in [0.1, 0.15) is 6.33 Å². The zero-order valence-corrected chi connectivity index (χ0v) is 13.9. The fourth-order valence-corrected chi connectivity index (χ4v) is 2.56. The Bertz CT molecular complexity index is 772. The lowest BCUT2D eigenvalue weighted by molar-refractivity contribution is 0.397. The van der Waals surface area contributed by atoms with Gasteiger partial charge in [0.05, 0.1) is 13.7 Å². The van der Waals surface area contributed by atoms with Gasteiger partial charge in [-0.15, -0.1) is 10.2 Å². The van der Waals surface area contributed by atoms with Gasteiger partial charge in [0.15, 0.2) is 5.82 Å². The van der Waals surface area contributed by atoms with Gasteiger partial charge in [-0.2, -0.15) is 0 Å². The summed E-state index contributed by atoms with van der Waals surface area (Å²) in [6.07, 6.45) is 4.40. The van der Waals surface area contributed by atoms with Crippen molar-refractivity contribution in [2.75, 3.05) is 7.11 Å². The molecule has 2 aromatic heterocycles. The maximum atomic E-state index is 5.17. The minimum Gasteiger partial charge on any atom is -0.481 e. The Morgan fingerprint density at radius 1 is 1.21 bits per heavy atom. The van der Waals surface area contributed by atoms with E-state index >= 15 is 0 Å². The van der Waals surface area contributed by atoms with Crippen molar-refractivity contribution in [2.45, 2.75) is 25.9 Å². The van der Waals surface area contributed by atoms with Crippen molar-refractivity contribution in [1.82, 2.24) is 25.1 Å². The van der Waals surface area contributed by atoms with Gasteiger partial charge in [0.25, 0.3) is 0 Å². The molecule has 1 atom stereocenters. The molecule has 6 heteroatoms. The number of methoxy groups -OCH3 is 1. The molecule has 1 N–H and O–H groups in total. The van der Waals surface area contributed by atoms with Gasteiger partial charge in [-0.3, -0.25) is 4.57 Å². The number of ether oxygens (including phenoxy) is 1. The van der Waals surface area contributed by atoms with E-state index in [1.165, 1.54) is 5.56 Å². The zero-order valence-electron chi connectivity index (χ0n) is 13.9. The van der Waals surface area contributed by atoms with Gasteiger partial charge in [-0.05, 0) is 37.1 Å². The number of pyridine rings is 1. The first-order valence-corrected chi connectivity index (χ1v) is 7.93. The van der Waals surface area contributed by atoms with Crippen LogP contribution >= 0.6 is 0 Å². The molecular weight excluding hydrogens is 302 g/mol. The number of benzene rings is 1. The Labute approximate surface area is 141 Å². The predicted octanol–water partition coefficient (Wildman–Crippen LogP) is 2.39. The van der Waals surface area contributed by atoms with E-state index in [1.54, 1.807) is 19.6 Å². The number of nitrogens with zero attached hydrogens (tertiary/aromatic N) is 4. The molecule has 0 aliphatic heterocycles. The molecule has 0 saturated heterocycles. The van der Waals surface area contributed by atoms with Crippen molar-refractivity contribution in [3.63, 3.8) is 0 Å². The van der Waals surface area contributed by atoms with Crippen molar-refractivity contribution in [1.29, 1.82) is 0 Å². The van der Waals surface area contributed by atoms with Crippen molar-refractivity contribution >= 4 is 0 Å². The maximum absolute atomic E-state index is 5.17. The van der Waals surface area contributed by atoms with E-state index in [4.69, 9.17) is 4.74 Å². The molecule has 0 radical (unpaired) electrons. The van der Waals surface area contributed by atoms with E-state index in [9.17, 15) is 0 Å². The molecular formula is C18H21N5O. The molecule has 0 aliphatic carbocycles. The second kappa shape index (κ2) is 7.70. The first kappa shape index (κ1) is 16.1. The third-order valence-corrected chi connectivity index (χ3v) is 3.81. The van der Waals surface area contributed by atoms with Gasteiger partial charge >= 0.3 is 0 Å². The summed E-state index contributed by atoms with van der Waals surface area (Å²) in [5.74, 6) is 1.53. The molecule has 0 bridgehead atoms. The highest BCUT2D eigenvalue weighted by molar-refractivity contribution is 5.32. The molecule has 3 rings (SSSR count). The van der Waals surface area contributed by atoms with Crippen LogP contribution in [0.5, 0.6) is 5.88 Å². The van der Waals surface area contributed by atoms with Crippen LogP contribution in [0.2, 0.25) is 0 Å². The van der Waals surface area contributed by atoms with Crippen molar-refractivity contribution < 1.29 is 4.74 Å². The number of hydrogen-bond donors (Lipinski definition) is 1. The highest BCUT2D eigenvalue weighted by Gasteiger charge is 2.09. The SMILES string of the molecule is COc1cc(C[C@@H](C)NCc2nncn2-c2ccccc2)ccn1. The van der Waals surface area contributed by atoms with E-state index in [0.29, 0.717) is 12.4 Å². The van der Waals surface area contributed by atoms with Crippen LogP contribution in [0, 0.1) is 0 Å². The molecule has 0 aliphatic rings. The Morgan fingerprint density at radius 3 is 2.83 bits per heavy atom. The van der Waals surface area contributed by atoms with Gasteiger partial charge in [0.2, 0.25) is 5.88 Å². The Hall–Kier alpha value is -2.73. The van der Waals surface area contributed by atoms with Crippen LogP contribution in [-0.2, 0) is 13.0 Å². The highest BCUT2D eigenvalue weighted by atomic mass is 16.5. The average Bonchev–Trinajstić information content (AvgIpc) is 3.09. The number of nitrogens with one attached hydrogen (secondary N) is 1. The van der Waals surface area contributed by atoms with Crippen LogP contribution in [0.3, 0.4) is 0 Å². The van der Waals surface area contributed by atoms with Gasteiger partial charge in [-0.25, -0.2) is 4.98 Å². The van der Waals surface area contributed by atoms with Crippen molar-refractivity contribution in [2.24, 2.45) is 0 Å². The van der Waals surface area contributed by atoms with Crippen LogP contribution in [0.15, 0.2) is 55.0 Å². The molecule has 3 aromatic rings. The second-order valence-electron chi connectivity index (χ2n) is 5.65. The lowest BCUT2D eigenvalue weighted by atomic mass is 10.1. The minimum atomic E-state index is 0.290. The summed E-state index contributed by atoms with van der Waals surface area (Å²) in [7, 11) is 1.63. The molecule has 2 heterocycles. The van der Waals surface area contributed by atoms with E-state index in [-0.39, 0.29) is 6.04 Å². The summed E-state index contributed by atoms with van der Waals surface area (Å²) >= 11 is 0. The summed E-state index contributed by atoms with van der Waals surface area (Å²) in [5, 5.41) is 11.7. The van der Waals surface area contributed by atoms with Gasteiger partial charge in [0, 0.05) is 24.0 Å². The number of aromatic nitrogens is 4. The predicted molar refractivity (Wildman–Crippen MR) is 92.2 cm³/mol. The number of rotatable bonds is 7. The van der Waals surface area contributed by atoms with Crippen LogP contribution in [0.1, 0.15) is 18.3 Å². The van der Waals surface area contributed by atoms with Crippen molar-refractivity contribution in [3.8, 4) is 11.6 Å². The van der Waals surface area contributed by atoms with Crippen LogP contribution in [0.4, 0.5) is 0 Å². The summed E-state index contributed by atoms with van der Waals surface area (Å²) in [6.45, 7) is 2.80. The smallest absolute Gasteiger partial charge is 0.213 e. The normalized spacial score (nSPS) is 12.1. The first-order valence-electron chi connectivity index (χ1n) is 7.93. The summed E-state index contributed by atoms with van der Waals surface area (Å²) < 4.78 is 7.16. The summed E-state index contributed by atoms with van der Waals surface area (Å²) in [4.78, 5) is 4.13. The van der Waals surface area contributed by atoms with Crippen molar-refractivity contribution in [3.05, 3.63) is 66.4 Å². The molecule has 1 aromatic carbocycles. The van der Waals surface area contributed by atoms with Crippen LogP contribution in [0.25, 0.3) is 5.69 Å². The van der Waals surface area contributed by atoms with E-state index in [1.807, 2.05) is 47.0 Å². The molecule has 0 spiro atoms. The Balaban J connectivity index is 1.61. The van der Waals surface area contributed by atoms with E-state index < -0.39 is 0 Å². The fourth-order valence-electron chi connectivity index (χ4n) is 2.56. The molecule has 0 unspecified atom stereocenters. The molecule has 6 nitrogen and oxygen atoms in total. The second-order valence-corrected chi connectivity index (χ2v) is 5.65. The Morgan fingerprint density at radius 2 is 2.04 bits per heavy atom. The minimum absolute atomic E-state index is 0.290. The third kappa shape index (κ3) is 3.97. The first-order chi connectivity index (χ1) is 11.8. The standard InChI is InChI=1S/C18H21N5O/c1-14(10-15-8-9-19-18(11-15)24-2)20-12-17-22-21-13-23(17)16-6-4-3-5-7-16/h3-9,11,13-14,20H,10,12H2,1-2H3/t14-/m1/s1. The van der Waals surface area contributed by atoms with Crippen LogP contribution in [-0.4, -0.2) is 32.9 Å². The largest absolute Gasteiger partial charge is 0.481 e. The van der Waals surface area contributed by atoms with E-state index in [2.05, 4.69) is 27.4 Å². The van der Waals surface area contributed by atoms with Crippen LogP contribution < -0.4 is 10.1 Å². The molecule has 24 heavy (non-hydrogen) atoms. The van der Waals surface area contributed by atoms with E-state index in [0.717, 1.165) is 17.9 Å².